The van der Waals surface area contributed by atoms with Gasteiger partial charge in [-0.2, -0.15) is 0 Å². The number of aromatic nitrogens is 2. The van der Waals surface area contributed by atoms with E-state index in [1.165, 1.54) is 43.8 Å². The van der Waals surface area contributed by atoms with Gasteiger partial charge in [0.1, 0.15) is 17.8 Å². The highest BCUT2D eigenvalue weighted by Gasteiger charge is 2.13. The zero-order chi connectivity index (χ0) is 20.8. The lowest BCUT2D eigenvalue weighted by Crippen LogP contribution is -1.99. The maximum Gasteiger partial charge on any atom is 0.335 e. The number of carboxylic acids is 1. The molecule has 0 spiro atoms. The fourth-order valence-corrected chi connectivity index (χ4v) is 2.76. The SMILES string of the molecule is COc1cc(OC)c(-c2cncnc2)cc1/C=C/C(=O)c1ccc(C(=O)O)cc1. The molecule has 0 unspecified atom stereocenters. The highest BCUT2D eigenvalue weighted by Crippen LogP contribution is 2.36. The summed E-state index contributed by atoms with van der Waals surface area (Å²) in [6, 6.07) is 9.31. The Morgan fingerprint density at radius 1 is 0.931 bits per heavy atom. The molecular weight excluding hydrogens is 372 g/mol. The number of carboxylic acid groups (broad SMARTS) is 1. The van der Waals surface area contributed by atoms with Crippen molar-refractivity contribution in [1.82, 2.24) is 9.97 Å². The van der Waals surface area contributed by atoms with E-state index >= 15 is 0 Å². The lowest BCUT2D eigenvalue weighted by Gasteiger charge is -2.13. The van der Waals surface area contributed by atoms with Crippen molar-refractivity contribution in [3.8, 4) is 22.6 Å². The van der Waals surface area contributed by atoms with Crippen LogP contribution in [0.4, 0.5) is 0 Å². The van der Waals surface area contributed by atoms with Crippen molar-refractivity contribution in [2.24, 2.45) is 0 Å². The topological polar surface area (TPSA) is 98.6 Å². The van der Waals surface area contributed by atoms with Crippen molar-refractivity contribution in [3.05, 3.63) is 77.9 Å². The summed E-state index contributed by atoms with van der Waals surface area (Å²) in [5, 5.41) is 8.95. The van der Waals surface area contributed by atoms with Crippen molar-refractivity contribution in [2.45, 2.75) is 0 Å². The molecular formula is C22H18N2O5. The Morgan fingerprint density at radius 2 is 1.55 bits per heavy atom. The first-order valence-electron chi connectivity index (χ1n) is 8.60. The van der Waals surface area contributed by atoms with Crippen molar-refractivity contribution in [1.29, 1.82) is 0 Å². The van der Waals surface area contributed by atoms with Gasteiger partial charge in [0.2, 0.25) is 0 Å². The van der Waals surface area contributed by atoms with Crippen molar-refractivity contribution in [2.75, 3.05) is 14.2 Å². The van der Waals surface area contributed by atoms with Crippen molar-refractivity contribution < 1.29 is 24.2 Å². The smallest absolute Gasteiger partial charge is 0.335 e. The Morgan fingerprint density at radius 3 is 2.14 bits per heavy atom. The second-order valence-electron chi connectivity index (χ2n) is 6.00. The zero-order valence-electron chi connectivity index (χ0n) is 15.8. The van der Waals surface area contributed by atoms with Gasteiger partial charge in [-0.3, -0.25) is 4.79 Å². The lowest BCUT2D eigenvalue weighted by atomic mass is 10.0. The van der Waals surface area contributed by atoms with Gasteiger partial charge in [-0.15, -0.1) is 0 Å². The number of aromatic carboxylic acids is 1. The van der Waals surface area contributed by atoms with E-state index in [4.69, 9.17) is 14.6 Å². The van der Waals surface area contributed by atoms with Crippen LogP contribution in [0.25, 0.3) is 17.2 Å². The molecule has 1 aromatic heterocycles. The minimum absolute atomic E-state index is 0.122. The summed E-state index contributed by atoms with van der Waals surface area (Å²) >= 11 is 0. The van der Waals surface area contributed by atoms with Crippen LogP contribution in [0.2, 0.25) is 0 Å². The summed E-state index contributed by atoms with van der Waals surface area (Å²) < 4.78 is 10.9. The highest BCUT2D eigenvalue weighted by atomic mass is 16.5. The third kappa shape index (κ3) is 4.47. The first kappa shape index (κ1) is 19.8. The van der Waals surface area contributed by atoms with E-state index in [2.05, 4.69) is 9.97 Å². The van der Waals surface area contributed by atoms with Gasteiger partial charge in [0.05, 0.1) is 19.8 Å². The number of nitrogens with zero attached hydrogens (tertiary/aromatic N) is 2. The summed E-state index contributed by atoms with van der Waals surface area (Å²) in [7, 11) is 3.09. The summed E-state index contributed by atoms with van der Waals surface area (Å²) in [6.07, 6.45) is 7.82. The third-order valence-electron chi connectivity index (χ3n) is 4.25. The molecule has 0 amide bonds. The minimum atomic E-state index is -1.04. The number of hydrogen-bond donors (Lipinski definition) is 1. The predicted molar refractivity (Wildman–Crippen MR) is 107 cm³/mol. The Bertz CT molecular complexity index is 1060. The van der Waals surface area contributed by atoms with Gasteiger partial charge in [0.15, 0.2) is 5.78 Å². The number of methoxy groups -OCH3 is 2. The van der Waals surface area contributed by atoms with Crippen LogP contribution in [0.5, 0.6) is 11.5 Å². The van der Waals surface area contributed by atoms with Crippen molar-refractivity contribution in [3.63, 3.8) is 0 Å². The van der Waals surface area contributed by atoms with Crippen LogP contribution in [-0.2, 0) is 0 Å². The molecule has 0 atom stereocenters. The molecule has 146 valence electrons. The number of hydrogen-bond acceptors (Lipinski definition) is 6. The number of ether oxygens (including phenoxy) is 2. The highest BCUT2D eigenvalue weighted by molar-refractivity contribution is 6.07. The standard InChI is InChI=1S/C22H18N2O5/c1-28-20-10-21(29-2)18(17-11-23-13-24-12-17)9-16(20)7-8-19(25)14-3-5-15(6-4-14)22(26)27/h3-13H,1-2H3,(H,26,27)/b8-7+. The Hall–Kier alpha value is -4.00. The molecule has 0 bridgehead atoms. The fraction of sp³-hybridized carbons (Fsp3) is 0.0909. The molecule has 0 saturated heterocycles. The Balaban J connectivity index is 1.94. The number of carbonyl (C=O) groups excluding carboxylic acids is 1. The molecule has 0 fully saturated rings. The van der Waals surface area contributed by atoms with Gasteiger partial charge < -0.3 is 14.6 Å². The molecule has 0 aliphatic carbocycles. The lowest BCUT2D eigenvalue weighted by molar-refractivity contribution is 0.0696. The molecule has 1 heterocycles. The van der Waals surface area contributed by atoms with Crippen LogP contribution in [0, 0.1) is 0 Å². The van der Waals surface area contributed by atoms with Gasteiger partial charge >= 0.3 is 5.97 Å². The maximum absolute atomic E-state index is 12.5. The number of carbonyl (C=O) groups is 2. The van der Waals surface area contributed by atoms with E-state index < -0.39 is 5.97 Å². The average molecular weight is 390 g/mol. The minimum Gasteiger partial charge on any atom is -0.496 e. The number of benzene rings is 2. The number of rotatable bonds is 7. The molecule has 7 heteroatoms. The summed E-state index contributed by atoms with van der Waals surface area (Å²) in [5.41, 5.74) is 2.69. The summed E-state index contributed by atoms with van der Waals surface area (Å²) in [6.45, 7) is 0. The van der Waals surface area contributed by atoms with Crippen LogP contribution < -0.4 is 9.47 Å². The van der Waals surface area contributed by atoms with E-state index in [0.717, 1.165) is 11.1 Å². The average Bonchev–Trinajstić information content (AvgIpc) is 2.77. The molecule has 29 heavy (non-hydrogen) atoms. The number of ketones is 1. The molecule has 7 nitrogen and oxygen atoms in total. The normalized spacial score (nSPS) is 10.7. The van der Waals surface area contributed by atoms with E-state index in [1.807, 2.05) is 6.07 Å². The van der Waals surface area contributed by atoms with Crippen LogP contribution in [0.15, 0.2) is 61.2 Å². The van der Waals surface area contributed by atoms with Crippen LogP contribution in [-0.4, -0.2) is 41.0 Å². The summed E-state index contributed by atoms with van der Waals surface area (Å²) in [5.74, 6) is -0.179. The van der Waals surface area contributed by atoms with Gasteiger partial charge in [0, 0.05) is 40.7 Å². The van der Waals surface area contributed by atoms with E-state index in [1.54, 1.807) is 31.6 Å². The molecule has 1 N–H and O–H groups in total. The van der Waals surface area contributed by atoms with Crippen LogP contribution >= 0.6 is 0 Å². The summed E-state index contributed by atoms with van der Waals surface area (Å²) in [4.78, 5) is 31.5. The number of allylic oxidation sites excluding steroid dienone is 1. The molecule has 0 saturated carbocycles. The Labute approximate surface area is 167 Å². The van der Waals surface area contributed by atoms with Crippen LogP contribution in [0.1, 0.15) is 26.3 Å². The van der Waals surface area contributed by atoms with Crippen molar-refractivity contribution >= 4 is 17.8 Å². The Kier molecular flexibility index (Phi) is 5.99. The third-order valence-corrected chi connectivity index (χ3v) is 4.25. The quantitative estimate of drug-likeness (QED) is 0.484. The largest absolute Gasteiger partial charge is 0.496 e. The van der Waals surface area contributed by atoms with Gasteiger partial charge in [-0.25, -0.2) is 14.8 Å². The first-order valence-corrected chi connectivity index (χ1v) is 8.60. The fourth-order valence-electron chi connectivity index (χ4n) is 2.76. The van der Waals surface area contributed by atoms with E-state index in [-0.39, 0.29) is 11.3 Å². The van der Waals surface area contributed by atoms with Gasteiger partial charge in [-0.1, -0.05) is 12.1 Å². The van der Waals surface area contributed by atoms with E-state index in [9.17, 15) is 9.59 Å². The van der Waals surface area contributed by atoms with E-state index in [0.29, 0.717) is 22.6 Å². The first-order chi connectivity index (χ1) is 14.0. The van der Waals surface area contributed by atoms with Crippen LogP contribution in [0.3, 0.4) is 0 Å². The molecule has 3 aromatic rings. The monoisotopic (exact) mass is 390 g/mol. The van der Waals surface area contributed by atoms with Gasteiger partial charge in [0.25, 0.3) is 0 Å². The molecule has 0 radical (unpaired) electrons. The second-order valence-corrected chi connectivity index (χ2v) is 6.00. The maximum atomic E-state index is 12.5. The second kappa shape index (κ2) is 8.79. The molecule has 2 aromatic carbocycles. The predicted octanol–water partition coefficient (Wildman–Crippen LogP) is 3.76. The zero-order valence-corrected chi connectivity index (χ0v) is 15.8. The molecule has 0 aliphatic rings. The molecule has 3 rings (SSSR count). The van der Waals surface area contributed by atoms with Gasteiger partial charge in [-0.05, 0) is 30.4 Å². The molecule has 0 aliphatic heterocycles.